The van der Waals surface area contributed by atoms with Gasteiger partial charge in [-0.15, -0.1) is 0 Å². The molecule has 0 radical (unpaired) electrons. The van der Waals surface area contributed by atoms with E-state index in [-0.39, 0.29) is 0 Å². The number of nitrogens with zero attached hydrogens (tertiary/aromatic N) is 1. The fourth-order valence-corrected chi connectivity index (χ4v) is 3.18. The van der Waals surface area contributed by atoms with Crippen LogP contribution < -0.4 is 0 Å². The third-order valence-corrected chi connectivity index (χ3v) is 3.34. The Bertz CT molecular complexity index is 309. The Labute approximate surface area is 88.1 Å². The van der Waals surface area contributed by atoms with E-state index in [1.165, 1.54) is 11.7 Å². The Morgan fingerprint density at radius 2 is 1.71 bits per heavy atom. The predicted octanol–water partition coefficient (Wildman–Crippen LogP) is 2.63. The molecule has 0 spiro atoms. The number of rotatable bonds is 3. The van der Waals surface area contributed by atoms with Crippen molar-refractivity contribution in [3.8, 4) is 0 Å². The summed E-state index contributed by atoms with van der Waals surface area (Å²) < 4.78 is 2.31. The lowest BCUT2D eigenvalue weighted by Gasteiger charge is -2.11. The van der Waals surface area contributed by atoms with Crippen LogP contribution in [0.1, 0.15) is 5.56 Å². The van der Waals surface area contributed by atoms with E-state index in [2.05, 4.69) is 67.8 Å². The van der Waals surface area contributed by atoms with E-state index in [0.29, 0.717) is 0 Å². The zero-order valence-electron chi connectivity index (χ0n) is 9.62. The summed E-state index contributed by atoms with van der Waals surface area (Å²) in [5, 5.41) is 0. The van der Waals surface area contributed by atoms with Gasteiger partial charge in [0, 0.05) is 5.56 Å². The van der Waals surface area contributed by atoms with Crippen LogP contribution in [0.2, 0.25) is 19.6 Å². The van der Waals surface area contributed by atoms with Crippen LogP contribution >= 0.6 is 0 Å². The van der Waals surface area contributed by atoms with Gasteiger partial charge in [-0.25, -0.2) is 4.58 Å². The van der Waals surface area contributed by atoms with Crippen LogP contribution in [0.15, 0.2) is 30.3 Å². The van der Waals surface area contributed by atoms with Crippen molar-refractivity contribution in [2.24, 2.45) is 0 Å². The van der Waals surface area contributed by atoms with Gasteiger partial charge in [0.1, 0.15) is 21.3 Å². The van der Waals surface area contributed by atoms with Crippen molar-refractivity contribution < 1.29 is 4.58 Å². The minimum absolute atomic E-state index is 0.979. The second-order valence-corrected chi connectivity index (χ2v) is 10.5. The maximum atomic E-state index is 2.39. The minimum Gasteiger partial charge on any atom is -0.242 e. The quantitative estimate of drug-likeness (QED) is 0.406. The number of hydrogen-bond acceptors (Lipinski definition) is 0. The molecule has 1 rings (SSSR count). The van der Waals surface area contributed by atoms with Crippen LogP contribution in [0.4, 0.5) is 0 Å². The van der Waals surface area contributed by atoms with E-state index in [1.807, 2.05) is 0 Å². The van der Waals surface area contributed by atoms with Crippen LogP contribution in [0.5, 0.6) is 0 Å². The zero-order chi connectivity index (χ0) is 10.6. The monoisotopic (exact) mass is 206 g/mol. The van der Waals surface area contributed by atoms with Crippen molar-refractivity contribution in [2.45, 2.75) is 19.6 Å². The molecule has 0 aliphatic carbocycles. The molecule has 1 aromatic carbocycles. The molecular formula is C12H20NSi+. The van der Waals surface area contributed by atoms with E-state index in [0.717, 1.165) is 0 Å². The first-order valence-corrected chi connectivity index (χ1v) is 8.78. The molecule has 1 aromatic rings. The van der Waals surface area contributed by atoms with E-state index >= 15 is 0 Å². The Hall–Kier alpha value is -0.893. The number of hydrogen-bond donors (Lipinski definition) is 0. The van der Waals surface area contributed by atoms with Gasteiger partial charge >= 0.3 is 0 Å². The molecule has 0 saturated heterocycles. The molecule has 14 heavy (non-hydrogen) atoms. The molecule has 0 aliphatic rings. The van der Waals surface area contributed by atoms with E-state index in [1.54, 1.807) is 0 Å². The molecule has 0 amide bonds. The van der Waals surface area contributed by atoms with Crippen LogP contribution in [-0.2, 0) is 0 Å². The highest BCUT2D eigenvalue weighted by atomic mass is 28.3. The normalized spacial score (nSPS) is 13.0. The lowest BCUT2D eigenvalue weighted by molar-refractivity contribution is -0.474. The molecule has 2 heteroatoms. The SMILES string of the molecule is C/[N+](=C\c1ccccc1)C[Si](C)(C)C. The Balaban J connectivity index is 2.70. The molecule has 0 heterocycles. The average Bonchev–Trinajstić information content (AvgIpc) is 2.02. The fraction of sp³-hybridized carbons (Fsp3) is 0.417. The second-order valence-electron chi connectivity index (χ2n) is 5.02. The van der Waals surface area contributed by atoms with Crippen molar-refractivity contribution in [1.29, 1.82) is 0 Å². The number of benzene rings is 1. The molecule has 0 saturated carbocycles. The van der Waals surface area contributed by atoms with Gasteiger partial charge in [0.25, 0.3) is 0 Å². The zero-order valence-corrected chi connectivity index (χ0v) is 10.6. The Kier molecular flexibility index (Phi) is 3.64. The van der Waals surface area contributed by atoms with E-state index in [4.69, 9.17) is 0 Å². The Morgan fingerprint density at radius 3 is 2.21 bits per heavy atom. The molecule has 0 unspecified atom stereocenters. The summed E-state index contributed by atoms with van der Waals surface area (Å²) in [6.45, 7) is 7.17. The minimum atomic E-state index is -0.979. The fourth-order valence-electron chi connectivity index (χ4n) is 1.59. The maximum Gasteiger partial charge on any atom is 0.170 e. The molecule has 0 bridgehead atoms. The van der Waals surface area contributed by atoms with Crippen molar-refractivity contribution in [1.82, 2.24) is 0 Å². The lowest BCUT2D eigenvalue weighted by atomic mass is 10.2. The molecule has 0 aliphatic heterocycles. The summed E-state index contributed by atoms with van der Waals surface area (Å²) in [7, 11) is 1.18. The van der Waals surface area contributed by atoms with Crippen molar-refractivity contribution in [3.05, 3.63) is 35.9 Å². The van der Waals surface area contributed by atoms with E-state index < -0.39 is 8.07 Å². The van der Waals surface area contributed by atoms with Gasteiger partial charge in [0.2, 0.25) is 0 Å². The molecule has 0 aromatic heterocycles. The topological polar surface area (TPSA) is 3.01 Å². The van der Waals surface area contributed by atoms with Crippen molar-refractivity contribution in [3.63, 3.8) is 0 Å². The van der Waals surface area contributed by atoms with Gasteiger partial charge in [-0.1, -0.05) is 37.8 Å². The molecule has 0 N–H and O–H groups in total. The van der Waals surface area contributed by atoms with Crippen LogP contribution in [0.25, 0.3) is 0 Å². The summed E-state index contributed by atoms with van der Waals surface area (Å²) in [5.41, 5.74) is 1.29. The smallest absolute Gasteiger partial charge is 0.170 e. The van der Waals surface area contributed by atoms with Gasteiger partial charge in [0.15, 0.2) is 6.21 Å². The third-order valence-electron chi connectivity index (χ3n) is 1.89. The van der Waals surface area contributed by atoms with Crippen molar-refractivity contribution >= 4 is 14.3 Å². The average molecular weight is 206 g/mol. The van der Waals surface area contributed by atoms with Crippen LogP contribution in [0.3, 0.4) is 0 Å². The maximum absolute atomic E-state index is 2.39. The molecule has 76 valence electrons. The summed E-state index contributed by atoms with van der Waals surface area (Å²) in [5.74, 6) is 0. The highest BCUT2D eigenvalue weighted by Crippen LogP contribution is 2.00. The first kappa shape index (κ1) is 11.2. The second kappa shape index (κ2) is 4.56. The molecular weight excluding hydrogens is 186 g/mol. The van der Waals surface area contributed by atoms with E-state index in [9.17, 15) is 0 Å². The third kappa shape index (κ3) is 4.37. The van der Waals surface area contributed by atoms with Gasteiger partial charge < -0.3 is 0 Å². The van der Waals surface area contributed by atoms with Gasteiger partial charge in [0.05, 0.1) is 0 Å². The summed E-state index contributed by atoms with van der Waals surface area (Å²) >= 11 is 0. The van der Waals surface area contributed by atoms with Crippen LogP contribution in [0, 0.1) is 0 Å². The van der Waals surface area contributed by atoms with Gasteiger partial charge in [-0.2, -0.15) is 0 Å². The predicted molar refractivity (Wildman–Crippen MR) is 66.0 cm³/mol. The summed E-state index contributed by atoms with van der Waals surface area (Å²) in [6, 6.07) is 10.5. The largest absolute Gasteiger partial charge is 0.242 e. The Morgan fingerprint density at radius 1 is 1.14 bits per heavy atom. The highest BCUT2D eigenvalue weighted by molar-refractivity contribution is 6.75. The molecule has 0 atom stereocenters. The van der Waals surface area contributed by atoms with Gasteiger partial charge in [-0.3, -0.25) is 0 Å². The first-order valence-electron chi connectivity index (χ1n) is 5.07. The summed E-state index contributed by atoms with van der Waals surface area (Å²) in [4.78, 5) is 0. The van der Waals surface area contributed by atoms with Gasteiger partial charge in [-0.05, 0) is 12.1 Å². The lowest BCUT2D eigenvalue weighted by Crippen LogP contribution is -2.33. The summed E-state index contributed by atoms with van der Waals surface area (Å²) in [6.07, 6.45) is 3.43. The van der Waals surface area contributed by atoms with Crippen molar-refractivity contribution in [2.75, 3.05) is 13.2 Å². The molecule has 1 nitrogen and oxygen atoms in total. The highest BCUT2D eigenvalue weighted by Gasteiger charge is 2.18. The standard InChI is InChI=1S/C12H20NSi/c1-13(11-14(2,3)4)10-12-8-6-5-7-9-12/h5-10H,11H2,1-4H3/q+1/b13-10+. The first-order chi connectivity index (χ1) is 6.47. The van der Waals surface area contributed by atoms with Crippen LogP contribution in [-0.4, -0.2) is 32.1 Å². The molecule has 0 fully saturated rings.